The van der Waals surface area contributed by atoms with Gasteiger partial charge in [0.1, 0.15) is 16.9 Å². The molecule has 8 nitrogen and oxygen atoms in total. The standard InChI is InChI=1S/C15H19N5O3/c1-10-12(19-23-18-10)9-17-13-14(22)20(8-7-16-13)15(11(2)21)5-3-4-6-15/h7-8H,3-6,9H2,1-2H3,(H,16,17). The van der Waals surface area contributed by atoms with E-state index in [4.69, 9.17) is 0 Å². The maximum absolute atomic E-state index is 12.7. The average Bonchev–Trinajstić information content (AvgIpc) is 3.16. The second-order valence-corrected chi connectivity index (χ2v) is 5.90. The van der Waals surface area contributed by atoms with Crippen molar-refractivity contribution in [1.29, 1.82) is 0 Å². The largest absolute Gasteiger partial charge is 0.360 e. The predicted molar refractivity (Wildman–Crippen MR) is 82.0 cm³/mol. The molecular weight excluding hydrogens is 298 g/mol. The van der Waals surface area contributed by atoms with Gasteiger partial charge in [-0.25, -0.2) is 9.61 Å². The fourth-order valence-electron chi connectivity index (χ4n) is 3.17. The van der Waals surface area contributed by atoms with Crippen molar-refractivity contribution in [2.75, 3.05) is 5.32 Å². The Bertz CT molecular complexity index is 773. The zero-order chi connectivity index (χ0) is 16.4. The minimum atomic E-state index is -0.734. The van der Waals surface area contributed by atoms with Crippen LogP contribution in [-0.4, -0.2) is 25.6 Å². The van der Waals surface area contributed by atoms with Crippen molar-refractivity contribution in [2.45, 2.75) is 51.6 Å². The van der Waals surface area contributed by atoms with E-state index in [1.54, 1.807) is 26.2 Å². The lowest BCUT2D eigenvalue weighted by molar-refractivity contribution is -0.125. The first-order valence-electron chi connectivity index (χ1n) is 7.66. The smallest absolute Gasteiger partial charge is 0.294 e. The van der Waals surface area contributed by atoms with Gasteiger partial charge in [0, 0.05) is 12.4 Å². The lowest BCUT2D eigenvalue weighted by atomic mass is 9.92. The summed E-state index contributed by atoms with van der Waals surface area (Å²) in [4.78, 5) is 29.0. The van der Waals surface area contributed by atoms with Crippen LogP contribution in [0.2, 0.25) is 0 Å². The van der Waals surface area contributed by atoms with Crippen molar-refractivity contribution < 1.29 is 9.42 Å². The Morgan fingerprint density at radius 3 is 2.74 bits per heavy atom. The van der Waals surface area contributed by atoms with Crippen molar-refractivity contribution >= 4 is 11.6 Å². The molecule has 0 bridgehead atoms. The minimum Gasteiger partial charge on any atom is -0.360 e. The number of nitrogens with one attached hydrogen (secondary N) is 1. The van der Waals surface area contributed by atoms with Crippen LogP contribution in [0.3, 0.4) is 0 Å². The SMILES string of the molecule is CC(=O)C1(n2ccnc(NCc3nonc3C)c2=O)CCCC1. The summed E-state index contributed by atoms with van der Waals surface area (Å²) < 4.78 is 6.16. The first-order chi connectivity index (χ1) is 11.0. The summed E-state index contributed by atoms with van der Waals surface area (Å²) in [5.74, 6) is 0.216. The number of nitrogens with zero attached hydrogens (tertiary/aromatic N) is 4. The number of carbonyl (C=O) groups excluding carboxylic acids is 1. The molecule has 2 aromatic heterocycles. The topological polar surface area (TPSA) is 103 Å². The van der Waals surface area contributed by atoms with E-state index in [0.717, 1.165) is 12.8 Å². The maximum Gasteiger partial charge on any atom is 0.294 e. The molecule has 1 aliphatic rings. The molecule has 0 aliphatic heterocycles. The Hall–Kier alpha value is -2.51. The molecule has 0 saturated heterocycles. The van der Waals surface area contributed by atoms with Crippen LogP contribution in [0.4, 0.5) is 5.82 Å². The Kier molecular flexibility index (Phi) is 3.97. The van der Waals surface area contributed by atoms with E-state index < -0.39 is 5.54 Å². The highest BCUT2D eigenvalue weighted by atomic mass is 16.6. The molecule has 1 N–H and O–H groups in total. The Labute approximate surface area is 132 Å². The number of aromatic nitrogens is 4. The molecule has 0 radical (unpaired) electrons. The van der Waals surface area contributed by atoms with Crippen LogP contribution in [0.25, 0.3) is 0 Å². The third-order valence-corrected chi connectivity index (χ3v) is 4.56. The number of rotatable bonds is 5. The molecule has 2 aromatic rings. The van der Waals surface area contributed by atoms with Gasteiger partial charge in [-0.05, 0) is 26.7 Å². The lowest BCUT2D eigenvalue weighted by Crippen LogP contribution is -2.44. The number of anilines is 1. The van der Waals surface area contributed by atoms with Gasteiger partial charge in [0.15, 0.2) is 11.6 Å². The highest BCUT2D eigenvalue weighted by molar-refractivity contribution is 5.84. The fourth-order valence-corrected chi connectivity index (χ4v) is 3.17. The van der Waals surface area contributed by atoms with E-state index in [1.165, 1.54) is 4.57 Å². The van der Waals surface area contributed by atoms with E-state index in [-0.39, 0.29) is 23.7 Å². The highest BCUT2D eigenvalue weighted by Crippen LogP contribution is 2.36. The van der Waals surface area contributed by atoms with E-state index in [1.807, 2.05) is 0 Å². The van der Waals surface area contributed by atoms with Gasteiger partial charge in [0.2, 0.25) is 0 Å². The van der Waals surface area contributed by atoms with Crippen molar-refractivity contribution in [3.63, 3.8) is 0 Å². The van der Waals surface area contributed by atoms with E-state index in [2.05, 4.69) is 25.2 Å². The summed E-state index contributed by atoms with van der Waals surface area (Å²) >= 11 is 0. The zero-order valence-electron chi connectivity index (χ0n) is 13.2. The summed E-state index contributed by atoms with van der Waals surface area (Å²) in [7, 11) is 0. The third-order valence-electron chi connectivity index (χ3n) is 4.56. The number of ketones is 1. The monoisotopic (exact) mass is 317 g/mol. The second-order valence-electron chi connectivity index (χ2n) is 5.90. The summed E-state index contributed by atoms with van der Waals surface area (Å²) in [6.45, 7) is 3.61. The van der Waals surface area contributed by atoms with E-state index in [0.29, 0.717) is 24.2 Å². The van der Waals surface area contributed by atoms with Crippen molar-refractivity contribution in [3.05, 3.63) is 34.1 Å². The van der Waals surface area contributed by atoms with Crippen LogP contribution < -0.4 is 10.9 Å². The maximum atomic E-state index is 12.7. The molecule has 0 unspecified atom stereocenters. The number of carbonyl (C=O) groups is 1. The quantitative estimate of drug-likeness (QED) is 0.889. The van der Waals surface area contributed by atoms with Crippen LogP contribution in [-0.2, 0) is 16.9 Å². The molecule has 1 aliphatic carbocycles. The number of hydrogen-bond donors (Lipinski definition) is 1. The van der Waals surface area contributed by atoms with Gasteiger partial charge in [0.25, 0.3) is 5.56 Å². The third kappa shape index (κ3) is 2.64. The summed E-state index contributed by atoms with van der Waals surface area (Å²) in [5.41, 5.74) is 0.245. The summed E-state index contributed by atoms with van der Waals surface area (Å²) in [6, 6.07) is 0. The van der Waals surface area contributed by atoms with Gasteiger partial charge in [-0.15, -0.1) is 0 Å². The molecule has 2 heterocycles. The zero-order valence-corrected chi connectivity index (χ0v) is 13.2. The molecule has 1 fully saturated rings. The molecule has 8 heteroatoms. The normalized spacial score (nSPS) is 16.4. The van der Waals surface area contributed by atoms with Gasteiger partial charge >= 0.3 is 0 Å². The highest BCUT2D eigenvalue weighted by Gasteiger charge is 2.41. The van der Waals surface area contributed by atoms with Crippen molar-refractivity contribution in [2.24, 2.45) is 0 Å². The van der Waals surface area contributed by atoms with Gasteiger partial charge in [-0.3, -0.25) is 14.2 Å². The van der Waals surface area contributed by atoms with Crippen molar-refractivity contribution in [1.82, 2.24) is 19.9 Å². The number of hydrogen-bond acceptors (Lipinski definition) is 7. The molecule has 1 saturated carbocycles. The number of aryl methyl sites for hydroxylation is 1. The van der Waals surface area contributed by atoms with Gasteiger partial charge in [0.05, 0.1) is 6.54 Å². The Balaban J connectivity index is 1.91. The molecule has 3 rings (SSSR count). The molecular formula is C15H19N5O3. The predicted octanol–water partition coefficient (Wildman–Crippen LogP) is 1.41. The molecule has 0 aromatic carbocycles. The van der Waals surface area contributed by atoms with Crippen LogP contribution in [0.1, 0.15) is 44.0 Å². The summed E-state index contributed by atoms with van der Waals surface area (Å²) in [5, 5.41) is 10.4. The van der Waals surface area contributed by atoms with Crippen LogP contribution in [0.5, 0.6) is 0 Å². The van der Waals surface area contributed by atoms with Gasteiger partial charge in [-0.1, -0.05) is 23.2 Å². The Morgan fingerprint density at radius 1 is 1.39 bits per heavy atom. The number of Topliss-reactive ketones (excluding diaryl/α,β-unsaturated/α-hetero) is 1. The minimum absolute atomic E-state index is 0.0193. The molecule has 122 valence electrons. The first-order valence-corrected chi connectivity index (χ1v) is 7.66. The molecule has 0 atom stereocenters. The lowest BCUT2D eigenvalue weighted by Gasteiger charge is -2.28. The van der Waals surface area contributed by atoms with Gasteiger partial charge < -0.3 is 5.32 Å². The van der Waals surface area contributed by atoms with Crippen LogP contribution >= 0.6 is 0 Å². The van der Waals surface area contributed by atoms with Gasteiger partial charge in [-0.2, -0.15) is 0 Å². The molecule has 0 amide bonds. The van der Waals surface area contributed by atoms with Crippen molar-refractivity contribution in [3.8, 4) is 0 Å². The van der Waals surface area contributed by atoms with Crippen LogP contribution in [0, 0.1) is 6.92 Å². The Morgan fingerprint density at radius 2 is 2.13 bits per heavy atom. The van der Waals surface area contributed by atoms with E-state index in [9.17, 15) is 9.59 Å². The summed E-state index contributed by atoms with van der Waals surface area (Å²) in [6.07, 6.45) is 6.42. The fraction of sp³-hybridized carbons (Fsp3) is 0.533. The first kappa shape index (κ1) is 15.4. The average molecular weight is 317 g/mol. The second kappa shape index (κ2) is 5.94. The molecule has 0 spiro atoms. The van der Waals surface area contributed by atoms with Crippen LogP contribution in [0.15, 0.2) is 21.8 Å². The molecule has 23 heavy (non-hydrogen) atoms. The van der Waals surface area contributed by atoms with E-state index >= 15 is 0 Å².